The lowest BCUT2D eigenvalue weighted by molar-refractivity contribution is -0.158. The summed E-state index contributed by atoms with van der Waals surface area (Å²) < 4.78 is 0. The molecule has 0 bridgehead atoms. The maximum atomic E-state index is 11.3. The minimum atomic E-state index is -0.758. The Bertz CT molecular complexity index is 934. The van der Waals surface area contributed by atoms with Gasteiger partial charge in [0, 0.05) is 29.7 Å². The van der Waals surface area contributed by atoms with Gasteiger partial charge in [-0.25, -0.2) is 5.84 Å². The molecule has 3 rings (SSSR count). The number of anilines is 1. The second-order valence-electron chi connectivity index (χ2n) is 8.59. The van der Waals surface area contributed by atoms with Gasteiger partial charge in [0.15, 0.2) is 0 Å². The summed E-state index contributed by atoms with van der Waals surface area (Å²) in [6, 6.07) is 9.94. The molecule has 5 nitrogen and oxygen atoms in total. The van der Waals surface area contributed by atoms with E-state index in [0.717, 1.165) is 39.4 Å². The number of likely N-dealkylation sites (tertiary alicyclic amines) is 1. The number of carboxylic acid groups (broad SMARTS) is 1. The van der Waals surface area contributed by atoms with Crippen molar-refractivity contribution in [3.05, 3.63) is 62.6 Å². The summed E-state index contributed by atoms with van der Waals surface area (Å²) in [5.41, 5.74) is 4.32. The Kier molecular flexibility index (Phi) is 6.68. The van der Waals surface area contributed by atoms with Gasteiger partial charge in [0.1, 0.15) is 0 Å². The van der Waals surface area contributed by atoms with Gasteiger partial charge >= 0.3 is 5.97 Å². The molecule has 3 N–H and O–H groups in total. The largest absolute Gasteiger partial charge is 0.481 e. The van der Waals surface area contributed by atoms with E-state index in [0.29, 0.717) is 24.7 Å². The molecule has 0 radical (unpaired) electrons. The molecule has 1 fully saturated rings. The van der Waals surface area contributed by atoms with Gasteiger partial charge in [0.2, 0.25) is 0 Å². The summed E-state index contributed by atoms with van der Waals surface area (Å²) >= 11 is 12.8. The van der Waals surface area contributed by atoms with Crippen molar-refractivity contribution in [3.63, 3.8) is 0 Å². The first kappa shape index (κ1) is 22.9. The SMILES string of the molecule is CC[C@H](c1cc(C)c(Cl)c(C)c1)N(N)c1ccc(Cl)c(CN2CC(C)(C(=O)O)C2)c1. The second-order valence-corrected chi connectivity index (χ2v) is 9.37. The number of aliphatic carboxylic acids is 1. The van der Waals surface area contributed by atoms with Crippen LogP contribution in [0.15, 0.2) is 30.3 Å². The summed E-state index contributed by atoms with van der Waals surface area (Å²) in [4.78, 5) is 13.4. The van der Waals surface area contributed by atoms with Gasteiger partial charge in [-0.05, 0) is 67.6 Å². The first-order valence-electron chi connectivity index (χ1n) is 10.1. The molecule has 0 saturated carbocycles. The standard InChI is InChI=1S/C23H29Cl2N3O2/c1-5-20(16-8-14(2)21(25)15(3)9-16)28(26)18-6-7-19(24)17(10-18)11-27-12-23(4,13-27)22(29)30/h6-10,20H,5,11-13,26H2,1-4H3,(H,29,30)/t20-/m1/s1. The van der Waals surface area contributed by atoms with E-state index in [1.807, 2.05) is 32.0 Å². The van der Waals surface area contributed by atoms with Crippen molar-refractivity contribution in [1.29, 1.82) is 0 Å². The zero-order valence-corrected chi connectivity index (χ0v) is 19.4. The van der Waals surface area contributed by atoms with Crippen LogP contribution < -0.4 is 10.9 Å². The normalized spacial score (nSPS) is 16.8. The zero-order chi connectivity index (χ0) is 22.2. The number of benzene rings is 2. The van der Waals surface area contributed by atoms with E-state index in [4.69, 9.17) is 29.0 Å². The Labute approximate surface area is 188 Å². The first-order chi connectivity index (χ1) is 14.1. The molecule has 1 heterocycles. The highest BCUT2D eigenvalue weighted by molar-refractivity contribution is 6.32. The van der Waals surface area contributed by atoms with E-state index in [9.17, 15) is 9.90 Å². The Morgan fingerprint density at radius 3 is 2.37 bits per heavy atom. The van der Waals surface area contributed by atoms with E-state index >= 15 is 0 Å². The highest BCUT2D eigenvalue weighted by atomic mass is 35.5. The molecule has 162 valence electrons. The van der Waals surface area contributed by atoms with Crippen molar-refractivity contribution < 1.29 is 9.90 Å². The van der Waals surface area contributed by atoms with Gasteiger partial charge in [-0.15, -0.1) is 0 Å². The van der Waals surface area contributed by atoms with E-state index < -0.39 is 11.4 Å². The molecule has 0 aliphatic carbocycles. The van der Waals surface area contributed by atoms with Crippen molar-refractivity contribution in [2.75, 3.05) is 18.1 Å². The lowest BCUT2D eigenvalue weighted by Crippen LogP contribution is -2.58. The van der Waals surface area contributed by atoms with Gasteiger partial charge in [0.05, 0.1) is 17.1 Å². The summed E-state index contributed by atoms with van der Waals surface area (Å²) in [7, 11) is 0. The van der Waals surface area contributed by atoms with E-state index in [1.165, 1.54) is 0 Å². The van der Waals surface area contributed by atoms with Gasteiger partial charge in [-0.2, -0.15) is 0 Å². The van der Waals surface area contributed by atoms with Crippen molar-refractivity contribution in [3.8, 4) is 0 Å². The van der Waals surface area contributed by atoms with Crippen molar-refractivity contribution >= 4 is 34.9 Å². The van der Waals surface area contributed by atoms with Gasteiger partial charge < -0.3 is 10.1 Å². The predicted molar refractivity (Wildman–Crippen MR) is 123 cm³/mol. The fraction of sp³-hybridized carbons (Fsp3) is 0.435. The summed E-state index contributed by atoms with van der Waals surface area (Å²) in [6.07, 6.45) is 0.831. The molecule has 1 saturated heterocycles. The molecule has 0 spiro atoms. The Morgan fingerprint density at radius 2 is 1.83 bits per heavy atom. The van der Waals surface area contributed by atoms with Gasteiger partial charge in [-0.3, -0.25) is 9.69 Å². The molecular formula is C23H29Cl2N3O2. The van der Waals surface area contributed by atoms with Crippen molar-refractivity contribution in [2.24, 2.45) is 11.3 Å². The minimum Gasteiger partial charge on any atom is -0.481 e. The number of nitrogens with zero attached hydrogens (tertiary/aromatic N) is 2. The monoisotopic (exact) mass is 449 g/mol. The predicted octanol–water partition coefficient (Wildman–Crippen LogP) is 5.35. The Hall–Kier alpha value is -1.79. The van der Waals surface area contributed by atoms with Crippen LogP contribution >= 0.6 is 23.2 Å². The molecule has 0 amide bonds. The number of rotatable bonds is 7. The van der Waals surface area contributed by atoms with Crippen LogP contribution in [0.25, 0.3) is 0 Å². The highest BCUT2D eigenvalue weighted by Gasteiger charge is 2.45. The highest BCUT2D eigenvalue weighted by Crippen LogP contribution is 2.35. The van der Waals surface area contributed by atoms with Crippen LogP contribution in [0.1, 0.15) is 48.6 Å². The van der Waals surface area contributed by atoms with E-state index in [-0.39, 0.29) is 6.04 Å². The molecular weight excluding hydrogens is 421 g/mol. The fourth-order valence-corrected chi connectivity index (χ4v) is 4.50. The molecule has 1 atom stereocenters. The second kappa shape index (κ2) is 8.75. The zero-order valence-electron chi connectivity index (χ0n) is 17.9. The molecule has 2 aromatic carbocycles. The lowest BCUT2D eigenvalue weighted by atomic mass is 9.82. The smallest absolute Gasteiger partial charge is 0.311 e. The average Bonchev–Trinajstić information content (AvgIpc) is 2.66. The molecule has 7 heteroatoms. The number of halogens is 2. The Morgan fingerprint density at radius 1 is 1.23 bits per heavy atom. The fourth-order valence-electron chi connectivity index (χ4n) is 4.22. The molecule has 1 aliphatic rings. The Balaban J connectivity index is 1.81. The third kappa shape index (κ3) is 4.45. The number of carbonyl (C=O) groups is 1. The molecule has 30 heavy (non-hydrogen) atoms. The van der Waals surface area contributed by atoms with Crippen molar-refractivity contribution in [2.45, 2.75) is 46.7 Å². The molecule has 0 unspecified atom stereocenters. The topological polar surface area (TPSA) is 69.8 Å². The third-order valence-corrected chi connectivity index (χ3v) is 6.91. The van der Waals surface area contributed by atoms with Crippen LogP contribution in [-0.4, -0.2) is 29.1 Å². The first-order valence-corrected chi connectivity index (χ1v) is 10.9. The molecule has 2 aromatic rings. The van der Waals surface area contributed by atoms with Gasteiger partial charge in [0.25, 0.3) is 0 Å². The number of hydrogen-bond acceptors (Lipinski definition) is 4. The van der Waals surface area contributed by atoms with Crippen LogP contribution in [0.2, 0.25) is 10.0 Å². The lowest BCUT2D eigenvalue weighted by Gasteiger charge is -2.45. The third-order valence-electron chi connectivity index (χ3n) is 5.95. The van der Waals surface area contributed by atoms with Crippen LogP contribution in [0.5, 0.6) is 0 Å². The van der Waals surface area contributed by atoms with E-state index in [1.54, 1.807) is 11.9 Å². The maximum Gasteiger partial charge on any atom is 0.311 e. The van der Waals surface area contributed by atoms with E-state index in [2.05, 4.69) is 24.0 Å². The van der Waals surface area contributed by atoms with Crippen LogP contribution in [0.3, 0.4) is 0 Å². The van der Waals surface area contributed by atoms with Crippen molar-refractivity contribution in [1.82, 2.24) is 4.90 Å². The summed E-state index contributed by atoms with van der Waals surface area (Å²) in [6.45, 7) is 9.50. The number of aryl methyl sites for hydroxylation is 2. The van der Waals surface area contributed by atoms with Crippen LogP contribution in [-0.2, 0) is 11.3 Å². The molecule has 1 aliphatic heterocycles. The van der Waals surface area contributed by atoms with Gasteiger partial charge in [-0.1, -0.05) is 42.3 Å². The minimum absolute atomic E-state index is 0.00648. The maximum absolute atomic E-state index is 11.3. The van der Waals surface area contributed by atoms with Crippen LogP contribution in [0, 0.1) is 19.3 Å². The number of carboxylic acids is 1. The molecule has 0 aromatic heterocycles. The average molecular weight is 450 g/mol. The number of nitrogens with two attached hydrogens (primary N) is 1. The number of hydrogen-bond donors (Lipinski definition) is 2. The van der Waals surface area contributed by atoms with Crippen LogP contribution in [0.4, 0.5) is 5.69 Å². The summed E-state index contributed by atoms with van der Waals surface area (Å²) in [5, 5.41) is 12.5. The number of hydrazine groups is 1. The quantitative estimate of drug-likeness (QED) is 0.440. The summed E-state index contributed by atoms with van der Waals surface area (Å²) in [5.74, 6) is 5.81.